The number of hydrogen-bond donors (Lipinski definition) is 2. The summed E-state index contributed by atoms with van der Waals surface area (Å²) in [7, 11) is 0. The van der Waals surface area contributed by atoms with Gasteiger partial charge in [-0.3, -0.25) is 14.4 Å². The summed E-state index contributed by atoms with van der Waals surface area (Å²) in [5, 5.41) is 6.38. The van der Waals surface area contributed by atoms with Crippen molar-refractivity contribution >= 4 is 17.7 Å². The van der Waals surface area contributed by atoms with E-state index in [0.29, 0.717) is 0 Å². The van der Waals surface area contributed by atoms with Crippen LogP contribution in [0.5, 0.6) is 0 Å². The lowest BCUT2D eigenvalue weighted by molar-refractivity contribution is -0.144. The summed E-state index contributed by atoms with van der Waals surface area (Å²) in [6.45, 7) is 3.86. The molecule has 2 saturated heterocycles. The topological polar surface area (TPSA) is 87.7 Å². The maximum atomic E-state index is 13.6. The van der Waals surface area contributed by atoms with Crippen LogP contribution in [0.4, 0.5) is 0 Å². The second-order valence-electron chi connectivity index (χ2n) is 10.4. The SMILES string of the molecule is CC(C)N1C(=O)[C@H]2[C@@H](C(=O)NC3CCCC3)[C@H]3C=C[C@]2(O3)[C@@H]1C(=O)NC1CCCCC1. The van der Waals surface area contributed by atoms with Crippen molar-refractivity contribution in [2.75, 3.05) is 0 Å². The molecule has 0 radical (unpaired) electrons. The number of likely N-dealkylation sites (tertiary alicyclic amines) is 1. The first-order valence-electron chi connectivity index (χ1n) is 12.2. The Morgan fingerprint density at radius 1 is 1.00 bits per heavy atom. The van der Waals surface area contributed by atoms with E-state index in [0.717, 1.165) is 51.4 Å². The summed E-state index contributed by atoms with van der Waals surface area (Å²) in [4.78, 5) is 42.1. The summed E-state index contributed by atoms with van der Waals surface area (Å²) in [5.41, 5.74) is -1.04. The van der Waals surface area contributed by atoms with Gasteiger partial charge in [0.15, 0.2) is 0 Å². The van der Waals surface area contributed by atoms with E-state index >= 15 is 0 Å². The molecule has 0 unspecified atom stereocenters. The number of carbonyl (C=O) groups is 3. The minimum Gasteiger partial charge on any atom is -0.359 e. The van der Waals surface area contributed by atoms with Gasteiger partial charge >= 0.3 is 0 Å². The lowest BCUT2D eigenvalue weighted by atomic mass is 9.74. The predicted molar refractivity (Wildman–Crippen MR) is 115 cm³/mol. The van der Waals surface area contributed by atoms with E-state index in [2.05, 4.69) is 10.6 Å². The Bertz CT molecular complexity index is 784. The van der Waals surface area contributed by atoms with Crippen molar-refractivity contribution in [3.63, 3.8) is 0 Å². The third-order valence-electron chi connectivity index (χ3n) is 8.07. The second kappa shape index (κ2) is 7.91. The smallest absolute Gasteiger partial charge is 0.246 e. The zero-order chi connectivity index (χ0) is 21.8. The number of rotatable bonds is 5. The summed E-state index contributed by atoms with van der Waals surface area (Å²) in [5.74, 6) is -1.56. The number of nitrogens with one attached hydrogen (secondary N) is 2. The molecule has 7 nitrogen and oxygen atoms in total. The first-order valence-corrected chi connectivity index (χ1v) is 12.2. The highest BCUT2D eigenvalue weighted by molar-refractivity contribution is 6.00. The maximum Gasteiger partial charge on any atom is 0.246 e. The molecule has 5 rings (SSSR count). The Balaban J connectivity index is 1.42. The fraction of sp³-hybridized carbons (Fsp3) is 0.792. The van der Waals surface area contributed by atoms with Crippen molar-refractivity contribution in [3.05, 3.63) is 12.2 Å². The van der Waals surface area contributed by atoms with E-state index in [1.807, 2.05) is 26.0 Å². The minimum atomic E-state index is -1.04. The number of ether oxygens (including phenoxy) is 1. The van der Waals surface area contributed by atoms with Crippen LogP contribution in [0.2, 0.25) is 0 Å². The molecule has 1 spiro atoms. The number of carbonyl (C=O) groups excluding carboxylic acids is 3. The van der Waals surface area contributed by atoms with Gasteiger partial charge < -0.3 is 20.3 Å². The molecule has 4 fully saturated rings. The summed E-state index contributed by atoms with van der Waals surface area (Å²) in [6, 6.07) is -0.527. The largest absolute Gasteiger partial charge is 0.359 e. The van der Waals surface area contributed by atoms with Gasteiger partial charge in [0.05, 0.1) is 17.9 Å². The first kappa shape index (κ1) is 21.0. The third-order valence-corrected chi connectivity index (χ3v) is 8.07. The molecular weight excluding hydrogens is 394 g/mol. The normalized spacial score (nSPS) is 37.6. The quantitative estimate of drug-likeness (QED) is 0.655. The summed E-state index contributed by atoms with van der Waals surface area (Å²) < 4.78 is 6.36. The predicted octanol–water partition coefficient (Wildman–Crippen LogP) is 2.05. The van der Waals surface area contributed by atoms with Gasteiger partial charge in [-0.25, -0.2) is 0 Å². The molecular formula is C24H35N3O4. The maximum absolute atomic E-state index is 13.6. The van der Waals surface area contributed by atoms with Gasteiger partial charge in [-0.15, -0.1) is 0 Å². The van der Waals surface area contributed by atoms with Crippen molar-refractivity contribution in [1.82, 2.24) is 15.5 Å². The standard InChI is InChI=1S/C24H35N3O4/c1-14(2)27-20(22(29)26-16-8-4-3-5-9-16)24-13-12-17(31-24)18(19(24)23(27)30)21(28)25-15-10-6-7-11-15/h12-20H,3-11H2,1-2H3,(H,25,28)(H,26,29)/t17-,18+,19-,20+,24-/m1/s1. The van der Waals surface area contributed by atoms with Crippen LogP contribution in [0.25, 0.3) is 0 Å². The van der Waals surface area contributed by atoms with Gasteiger partial charge in [0.1, 0.15) is 11.6 Å². The van der Waals surface area contributed by atoms with Gasteiger partial charge in [-0.2, -0.15) is 0 Å². The van der Waals surface area contributed by atoms with Crippen molar-refractivity contribution in [1.29, 1.82) is 0 Å². The molecule has 5 atom stereocenters. The van der Waals surface area contributed by atoms with E-state index in [4.69, 9.17) is 4.74 Å². The molecule has 3 amide bonds. The summed E-state index contributed by atoms with van der Waals surface area (Å²) >= 11 is 0. The van der Waals surface area contributed by atoms with Crippen molar-refractivity contribution in [3.8, 4) is 0 Å². The fourth-order valence-electron chi connectivity index (χ4n) is 6.66. The Morgan fingerprint density at radius 3 is 2.19 bits per heavy atom. The number of nitrogens with zero attached hydrogens (tertiary/aromatic N) is 1. The molecule has 2 saturated carbocycles. The van der Waals surface area contributed by atoms with E-state index in [1.165, 1.54) is 6.42 Å². The van der Waals surface area contributed by atoms with Crippen LogP contribution in [-0.4, -0.2) is 58.5 Å². The van der Waals surface area contributed by atoms with E-state index in [-0.39, 0.29) is 35.8 Å². The second-order valence-corrected chi connectivity index (χ2v) is 10.4. The lowest BCUT2D eigenvalue weighted by Crippen LogP contribution is -2.57. The summed E-state index contributed by atoms with van der Waals surface area (Å²) in [6.07, 6.45) is 13.0. The Kier molecular flexibility index (Phi) is 5.35. The van der Waals surface area contributed by atoms with E-state index in [1.54, 1.807) is 4.90 Å². The molecule has 3 heterocycles. The molecule has 0 aromatic rings. The molecule has 0 aromatic carbocycles. The monoisotopic (exact) mass is 429 g/mol. The first-order chi connectivity index (χ1) is 14.9. The Morgan fingerprint density at radius 2 is 1.58 bits per heavy atom. The van der Waals surface area contributed by atoms with Gasteiger partial charge in [0.2, 0.25) is 17.7 Å². The van der Waals surface area contributed by atoms with Crippen molar-refractivity contribution < 1.29 is 19.1 Å². The molecule has 0 aromatic heterocycles. The molecule has 3 aliphatic heterocycles. The highest BCUT2D eigenvalue weighted by atomic mass is 16.5. The van der Waals surface area contributed by atoms with Gasteiger partial charge in [-0.05, 0) is 39.5 Å². The average Bonchev–Trinajstić information content (AvgIpc) is 3.50. The fourth-order valence-corrected chi connectivity index (χ4v) is 6.66. The number of amides is 3. The van der Waals surface area contributed by atoms with E-state index < -0.39 is 29.6 Å². The van der Waals surface area contributed by atoms with Gasteiger partial charge in [0, 0.05) is 18.1 Å². The van der Waals surface area contributed by atoms with Crippen LogP contribution in [0.15, 0.2) is 12.2 Å². The molecule has 2 bridgehead atoms. The van der Waals surface area contributed by atoms with Crippen LogP contribution in [0.1, 0.15) is 71.6 Å². The molecule has 31 heavy (non-hydrogen) atoms. The Labute approximate surface area is 184 Å². The lowest BCUT2D eigenvalue weighted by Gasteiger charge is -2.35. The zero-order valence-corrected chi connectivity index (χ0v) is 18.6. The zero-order valence-electron chi connectivity index (χ0n) is 18.6. The molecule has 2 aliphatic carbocycles. The van der Waals surface area contributed by atoms with Gasteiger partial charge in [-0.1, -0.05) is 44.3 Å². The van der Waals surface area contributed by atoms with E-state index in [9.17, 15) is 14.4 Å². The van der Waals surface area contributed by atoms with Crippen LogP contribution in [0, 0.1) is 11.8 Å². The third kappa shape index (κ3) is 3.31. The van der Waals surface area contributed by atoms with Crippen LogP contribution >= 0.6 is 0 Å². The highest BCUT2D eigenvalue weighted by Gasteiger charge is 2.73. The van der Waals surface area contributed by atoms with Crippen LogP contribution < -0.4 is 10.6 Å². The van der Waals surface area contributed by atoms with Crippen molar-refractivity contribution in [2.45, 2.75) is 108 Å². The molecule has 5 aliphatic rings. The number of fused-ring (bicyclic) bond motifs is 1. The minimum absolute atomic E-state index is 0.0986. The van der Waals surface area contributed by atoms with Gasteiger partial charge in [0.25, 0.3) is 0 Å². The molecule has 2 N–H and O–H groups in total. The molecule has 7 heteroatoms. The van der Waals surface area contributed by atoms with Crippen molar-refractivity contribution in [2.24, 2.45) is 11.8 Å². The average molecular weight is 430 g/mol. The highest BCUT2D eigenvalue weighted by Crippen LogP contribution is 2.55. The van der Waals surface area contributed by atoms with Crippen LogP contribution in [-0.2, 0) is 19.1 Å². The number of hydrogen-bond acceptors (Lipinski definition) is 4. The Hall–Kier alpha value is -1.89. The molecule has 170 valence electrons. The van der Waals surface area contributed by atoms with Crippen LogP contribution in [0.3, 0.4) is 0 Å².